The largest absolute Gasteiger partial charge is 0.346 e. The van der Waals surface area contributed by atoms with Gasteiger partial charge in [0.2, 0.25) is 5.91 Å². The van der Waals surface area contributed by atoms with Crippen molar-refractivity contribution in [2.24, 2.45) is 0 Å². The van der Waals surface area contributed by atoms with Crippen LogP contribution in [0.25, 0.3) is 0 Å². The highest BCUT2D eigenvalue weighted by Gasteiger charge is 2.26. The Bertz CT molecular complexity index is 633. The molecule has 1 N–H and O–H groups in total. The van der Waals surface area contributed by atoms with Gasteiger partial charge in [-0.2, -0.15) is 0 Å². The molecule has 1 aromatic heterocycles. The number of hydrogen-bond donors (Lipinski definition) is 1. The van der Waals surface area contributed by atoms with E-state index in [0.717, 1.165) is 37.0 Å². The average Bonchev–Trinajstić information content (AvgIpc) is 3.11. The van der Waals surface area contributed by atoms with Crippen LogP contribution in [0.4, 0.5) is 10.8 Å². The van der Waals surface area contributed by atoms with Gasteiger partial charge >= 0.3 is 0 Å². The Labute approximate surface area is 140 Å². The number of thiazole rings is 1. The molecule has 5 nitrogen and oxygen atoms in total. The third-order valence-corrected chi connectivity index (χ3v) is 5.08. The molecule has 1 aromatic carbocycles. The molecule has 0 spiro atoms. The van der Waals surface area contributed by atoms with Gasteiger partial charge in [0.1, 0.15) is 0 Å². The van der Waals surface area contributed by atoms with E-state index in [4.69, 9.17) is 0 Å². The van der Waals surface area contributed by atoms with E-state index in [0.29, 0.717) is 0 Å². The molecule has 1 amide bonds. The van der Waals surface area contributed by atoms with E-state index in [9.17, 15) is 4.79 Å². The molecule has 2 aromatic rings. The zero-order valence-electron chi connectivity index (χ0n) is 13.5. The predicted octanol–water partition coefficient (Wildman–Crippen LogP) is 2.60. The van der Waals surface area contributed by atoms with Gasteiger partial charge in [0.05, 0.1) is 6.04 Å². The minimum absolute atomic E-state index is 0.0524. The van der Waals surface area contributed by atoms with Crippen LogP contribution in [0.3, 0.4) is 0 Å². The first-order chi connectivity index (χ1) is 11.1. The van der Waals surface area contributed by atoms with Gasteiger partial charge in [0.15, 0.2) is 5.13 Å². The second kappa shape index (κ2) is 7.10. The van der Waals surface area contributed by atoms with Gasteiger partial charge in [0, 0.05) is 43.4 Å². The first-order valence-corrected chi connectivity index (χ1v) is 8.77. The van der Waals surface area contributed by atoms with E-state index in [1.165, 1.54) is 5.56 Å². The lowest BCUT2D eigenvalue weighted by Gasteiger charge is -2.37. The topological polar surface area (TPSA) is 48.5 Å². The summed E-state index contributed by atoms with van der Waals surface area (Å²) >= 11 is 1.67. The quantitative estimate of drug-likeness (QED) is 0.936. The van der Waals surface area contributed by atoms with Gasteiger partial charge in [-0.15, -0.1) is 11.3 Å². The predicted molar refractivity (Wildman–Crippen MR) is 95.2 cm³/mol. The van der Waals surface area contributed by atoms with E-state index in [2.05, 4.69) is 20.1 Å². The third kappa shape index (κ3) is 3.89. The highest BCUT2D eigenvalue weighted by molar-refractivity contribution is 7.13. The van der Waals surface area contributed by atoms with Crippen LogP contribution < -0.4 is 10.2 Å². The summed E-state index contributed by atoms with van der Waals surface area (Å²) in [5.74, 6) is 0.0524. The van der Waals surface area contributed by atoms with E-state index in [-0.39, 0.29) is 11.9 Å². The van der Waals surface area contributed by atoms with Crippen LogP contribution in [0, 0.1) is 6.92 Å². The molecule has 0 saturated carbocycles. The van der Waals surface area contributed by atoms with Gasteiger partial charge in [-0.1, -0.05) is 17.7 Å². The minimum Gasteiger partial charge on any atom is -0.346 e. The van der Waals surface area contributed by atoms with Crippen molar-refractivity contribution < 1.29 is 4.79 Å². The van der Waals surface area contributed by atoms with Gasteiger partial charge in [-0.3, -0.25) is 9.69 Å². The lowest BCUT2D eigenvalue weighted by molar-refractivity contribution is -0.120. The summed E-state index contributed by atoms with van der Waals surface area (Å²) in [5, 5.41) is 6.07. The Morgan fingerprint density at radius 3 is 2.52 bits per heavy atom. The number of rotatable bonds is 4. The Kier molecular flexibility index (Phi) is 4.93. The maximum Gasteiger partial charge on any atom is 0.241 e. The van der Waals surface area contributed by atoms with Crippen molar-refractivity contribution in [3.8, 4) is 0 Å². The van der Waals surface area contributed by atoms with E-state index >= 15 is 0 Å². The van der Waals surface area contributed by atoms with Crippen LogP contribution in [0.15, 0.2) is 35.8 Å². The van der Waals surface area contributed by atoms with Crippen molar-refractivity contribution >= 4 is 28.1 Å². The van der Waals surface area contributed by atoms with Crippen molar-refractivity contribution in [1.29, 1.82) is 0 Å². The fourth-order valence-corrected chi connectivity index (χ4v) is 3.42. The molecule has 0 bridgehead atoms. The van der Waals surface area contributed by atoms with Gasteiger partial charge in [-0.05, 0) is 26.0 Å². The Hall–Kier alpha value is -1.92. The lowest BCUT2D eigenvalue weighted by Crippen LogP contribution is -2.52. The Balaban J connectivity index is 1.53. The number of aryl methyl sites for hydroxylation is 1. The molecule has 1 fully saturated rings. The van der Waals surface area contributed by atoms with Crippen LogP contribution in [0.2, 0.25) is 0 Å². The SMILES string of the molecule is Cc1ccc(NC(=O)[C@@H](C)N2CCN(c3nccs3)CC2)cc1. The van der Waals surface area contributed by atoms with E-state index in [1.807, 2.05) is 49.7 Å². The molecule has 1 atom stereocenters. The average molecular weight is 330 g/mol. The number of benzene rings is 1. The van der Waals surface area contributed by atoms with Crippen LogP contribution >= 0.6 is 11.3 Å². The molecule has 3 rings (SSSR count). The Morgan fingerprint density at radius 2 is 1.91 bits per heavy atom. The van der Waals surface area contributed by atoms with Crippen LogP contribution in [-0.2, 0) is 4.79 Å². The van der Waals surface area contributed by atoms with Crippen LogP contribution in [-0.4, -0.2) is 48.0 Å². The minimum atomic E-state index is -0.130. The number of nitrogens with one attached hydrogen (secondary N) is 1. The van der Waals surface area contributed by atoms with E-state index < -0.39 is 0 Å². The maximum absolute atomic E-state index is 12.4. The summed E-state index contributed by atoms with van der Waals surface area (Å²) in [4.78, 5) is 21.3. The molecule has 0 aliphatic carbocycles. The maximum atomic E-state index is 12.4. The van der Waals surface area contributed by atoms with Crippen LogP contribution in [0.5, 0.6) is 0 Å². The fourth-order valence-electron chi connectivity index (χ4n) is 2.72. The third-order valence-electron chi connectivity index (χ3n) is 4.25. The number of carbonyl (C=O) groups is 1. The van der Waals surface area contributed by atoms with Crippen LogP contribution in [0.1, 0.15) is 12.5 Å². The molecule has 0 radical (unpaired) electrons. The molecular formula is C17H22N4OS. The number of carbonyl (C=O) groups excluding carboxylic acids is 1. The van der Waals surface area contributed by atoms with Crippen molar-refractivity contribution in [1.82, 2.24) is 9.88 Å². The van der Waals surface area contributed by atoms with Crippen molar-refractivity contribution in [3.05, 3.63) is 41.4 Å². The first kappa shape index (κ1) is 16.0. The molecule has 1 aliphatic rings. The monoisotopic (exact) mass is 330 g/mol. The lowest BCUT2D eigenvalue weighted by atomic mass is 10.2. The van der Waals surface area contributed by atoms with Gasteiger partial charge in [0.25, 0.3) is 0 Å². The molecule has 0 unspecified atom stereocenters. The number of aromatic nitrogens is 1. The molecule has 6 heteroatoms. The number of anilines is 2. The molecule has 122 valence electrons. The standard InChI is InChI=1S/C17H22N4OS/c1-13-3-5-15(6-4-13)19-16(22)14(2)20-8-10-21(11-9-20)17-18-7-12-23-17/h3-7,12,14H,8-11H2,1-2H3,(H,19,22)/t14-/m1/s1. The fraction of sp³-hybridized carbons (Fsp3) is 0.412. The van der Waals surface area contributed by atoms with Crippen molar-refractivity contribution in [2.45, 2.75) is 19.9 Å². The highest BCUT2D eigenvalue weighted by atomic mass is 32.1. The molecular weight excluding hydrogens is 308 g/mol. The summed E-state index contributed by atoms with van der Waals surface area (Å²) in [6.07, 6.45) is 1.84. The highest BCUT2D eigenvalue weighted by Crippen LogP contribution is 2.20. The van der Waals surface area contributed by atoms with Crippen molar-refractivity contribution in [2.75, 3.05) is 36.4 Å². The smallest absolute Gasteiger partial charge is 0.241 e. The number of nitrogens with zero attached hydrogens (tertiary/aromatic N) is 3. The number of piperazine rings is 1. The molecule has 2 heterocycles. The Morgan fingerprint density at radius 1 is 1.22 bits per heavy atom. The summed E-state index contributed by atoms with van der Waals surface area (Å²) in [6, 6.07) is 7.77. The normalized spacial score (nSPS) is 17.0. The summed E-state index contributed by atoms with van der Waals surface area (Å²) < 4.78 is 0. The number of hydrogen-bond acceptors (Lipinski definition) is 5. The van der Waals surface area contributed by atoms with Gasteiger partial charge in [-0.25, -0.2) is 4.98 Å². The second-order valence-electron chi connectivity index (χ2n) is 5.87. The number of amides is 1. The molecule has 1 aliphatic heterocycles. The van der Waals surface area contributed by atoms with E-state index in [1.54, 1.807) is 11.3 Å². The zero-order valence-corrected chi connectivity index (χ0v) is 14.3. The summed E-state index contributed by atoms with van der Waals surface area (Å²) in [7, 11) is 0. The zero-order chi connectivity index (χ0) is 16.2. The first-order valence-electron chi connectivity index (χ1n) is 7.89. The van der Waals surface area contributed by atoms with Crippen molar-refractivity contribution in [3.63, 3.8) is 0 Å². The summed E-state index contributed by atoms with van der Waals surface area (Å²) in [5.41, 5.74) is 2.04. The summed E-state index contributed by atoms with van der Waals surface area (Å²) in [6.45, 7) is 7.59. The second-order valence-corrected chi connectivity index (χ2v) is 6.74. The van der Waals surface area contributed by atoms with Gasteiger partial charge < -0.3 is 10.2 Å². The molecule has 23 heavy (non-hydrogen) atoms. The molecule has 1 saturated heterocycles.